The van der Waals surface area contributed by atoms with E-state index in [1.807, 2.05) is 48.5 Å². The van der Waals surface area contributed by atoms with Crippen LogP contribution in [0.4, 0.5) is 5.69 Å². The number of anilines is 1. The van der Waals surface area contributed by atoms with Crippen molar-refractivity contribution in [1.29, 1.82) is 0 Å². The number of nitrogens with zero attached hydrogens (tertiary/aromatic N) is 2. The molecule has 2 heterocycles. The van der Waals surface area contributed by atoms with E-state index in [1.54, 1.807) is 4.90 Å². The van der Waals surface area contributed by atoms with Gasteiger partial charge in [-0.25, -0.2) is 0 Å². The molecule has 4 rings (SSSR count). The zero-order valence-electron chi connectivity index (χ0n) is 16.3. The summed E-state index contributed by atoms with van der Waals surface area (Å²) < 4.78 is 0.972. The standard InChI is InChI=1S/C22H22BrN3O3S/c23-16-9-7-15(8-10-16)13-24-19(27)14-26-17-5-1-2-6-18(17)30-20(22(26)29)21(28)25-11-3-4-12-25/h1-2,5-10,20H,3-4,11-14H2,(H,24,27)/t20-/m1/s1. The summed E-state index contributed by atoms with van der Waals surface area (Å²) in [6.07, 6.45) is 1.94. The number of benzene rings is 2. The van der Waals surface area contributed by atoms with Gasteiger partial charge in [0.25, 0.3) is 5.91 Å². The third-order valence-corrected chi connectivity index (χ3v) is 7.00. The summed E-state index contributed by atoms with van der Waals surface area (Å²) in [6, 6.07) is 15.1. The van der Waals surface area contributed by atoms with Gasteiger partial charge in [-0.3, -0.25) is 14.4 Å². The van der Waals surface area contributed by atoms with Gasteiger partial charge < -0.3 is 15.1 Å². The third-order valence-electron chi connectivity index (χ3n) is 5.24. The molecule has 0 spiro atoms. The second kappa shape index (κ2) is 9.22. The number of para-hydroxylation sites is 1. The Labute approximate surface area is 188 Å². The van der Waals surface area contributed by atoms with Gasteiger partial charge in [0.15, 0.2) is 5.25 Å². The van der Waals surface area contributed by atoms with Crippen LogP contribution in [-0.2, 0) is 20.9 Å². The molecule has 0 aromatic heterocycles. The number of amides is 3. The first kappa shape index (κ1) is 20.9. The Hall–Kier alpha value is -2.32. The largest absolute Gasteiger partial charge is 0.350 e. The van der Waals surface area contributed by atoms with Crippen LogP contribution in [0, 0.1) is 0 Å². The number of hydrogen-bond acceptors (Lipinski definition) is 4. The van der Waals surface area contributed by atoms with E-state index >= 15 is 0 Å². The first-order valence-corrected chi connectivity index (χ1v) is 11.6. The Kier molecular flexibility index (Phi) is 6.43. The minimum atomic E-state index is -0.836. The van der Waals surface area contributed by atoms with E-state index in [-0.39, 0.29) is 24.3 Å². The average molecular weight is 488 g/mol. The maximum Gasteiger partial charge on any atom is 0.250 e. The molecule has 30 heavy (non-hydrogen) atoms. The Morgan fingerprint density at radius 2 is 1.77 bits per heavy atom. The lowest BCUT2D eigenvalue weighted by atomic mass is 10.2. The van der Waals surface area contributed by atoms with Crippen molar-refractivity contribution >= 4 is 51.1 Å². The highest BCUT2D eigenvalue weighted by Crippen LogP contribution is 2.39. The molecule has 2 aliphatic heterocycles. The van der Waals surface area contributed by atoms with Gasteiger partial charge in [0.1, 0.15) is 6.54 Å². The molecule has 0 unspecified atom stereocenters. The predicted molar refractivity (Wildman–Crippen MR) is 120 cm³/mol. The van der Waals surface area contributed by atoms with Crippen LogP contribution in [0.5, 0.6) is 0 Å². The fraction of sp³-hybridized carbons (Fsp3) is 0.318. The molecule has 8 heteroatoms. The fourth-order valence-electron chi connectivity index (χ4n) is 3.64. The predicted octanol–water partition coefficient (Wildman–Crippen LogP) is 3.20. The molecule has 0 bridgehead atoms. The van der Waals surface area contributed by atoms with Gasteiger partial charge in [0.05, 0.1) is 5.69 Å². The molecule has 1 atom stereocenters. The van der Waals surface area contributed by atoms with Crippen molar-refractivity contribution in [2.75, 3.05) is 24.5 Å². The van der Waals surface area contributed by atoms with Crippen molar-refractivity contribution in [2.24, 2.45) is 0 Å². The van der Waals surface area contributed by atoms with Crippen LogP contribution in [0.2, 0.25) is 0 Å². The smallest absolute Gasteiger partial charge is 0.250 e. The minimum absolute atomic E-state index is 0.114. The van der Waals surface area contributed by atoms with Gasteiger partial charge in [-0.2, -0.15) is 0 Å². The van der Waals surface area contributed by atoms with E-state index < -0.39 is 5.25 Å². The number of hydrogen-bond donors (Lipinski definition) is 1. The summed E-state index contributed by atoms with van der Waals surface area (Å²) >= 11 is 4.67. The second-order valence-electron chi connectivity index (χ2n) is 7.33. The molecule has 1 N–H and O–H groups in total. The summed E-state index contributed by atoms with van der Waals surface area (Å²) in [5, 5.41) is 2.03. The number of nitrogens with one attached hydrogen (secondary N) is 1. The zero-order chi connectivity index (χ0) is 21.1. The monoisotopic (exact) mass is 487 g/mol. The number of carbonyl (C=O) groups is 3. The molecule has 0 saturated carbocycles. The quantitative estimate of drug-likeness (QED) is 0.657. The van der Waals surface area contributed by atoms with E-state index in [4.69, 9.17) is 0 Å². The maximum absolute atomic E-state index is 13.2. The normalized spacial score (nSPS) is 18.3. The van der Waals surface area contributed by atoms with Crippen LogP contribution in [0.1, 0.15) is 18.4 Å². The molecule has 2 aromatic carbocycles. The van der Waals surface area contributed by atoms with Crippen molar-refractivity contribution in [3.05, 3.63) is 58.6 Å². The van der Waals surface area contributed by atoms with Crippen LogP contribution < -0.4 is 10.2 Å². The molecule has 1 saturated heterocycles. The van der Waals surface area contributed by atoms with Crippen LogP contribution in [0.15, 0.2) is 57.9 Å². The van der Waals surface area contributed by atoms with Crippen LogP contribution in [-0.4, -0.2) is 47.5 Å². The number of halogens is 1. The SMILES string of the molecule is O=C(CN1C(=O)[C@@H](C(=O)N2CCCC2)Sc2ccccc21)NCc1ccc(Br)cc1. The molecule has 2 aromatic rings. The average Bonchev–Trinajstić information content (AvgIpc) is 3.29. The molecule has 6 nitrogen and oxygen atoms in total. The van der Waals surface area contributed by atoms with Gasteiger partial charge in [-0.1, -0.05) is 40.2 Å². The summed E-state index contributed by atoms with van der Waals surface area (Å²) in [7, 11) is 0. The molecule has 0 radical (unpaired) electrons. The van der Waals surface area contributed by atoms with Crippen LogP contribution in [0.3, 0.4) is 0 Å². The van der Waals surface area contributed by atoms with E-state index in [2.05, 4.69) is 21.2 Å². The number of fused-ring (bicyclic) bond motifs is 1. The van der Waals surface area contributed by atoms with Gasteiger partial charge in [-0.15, -0.1) is 11.8 Å². The van der Waals surface area contributed by atoms with Crippen LogP contribution in [0.25, 0.3) is 0 Å². The summed E-state index contributed by atoms with van der Waals surface area (Å²) in [5.41, 5.74) is 1.64. The first-order chi connectivity index (χ1) is 14.5. The highest BCUT2D eigenvalue weighted by molar-refractivity contribution is 9.10. The second-order valence-corrected chi connectivity index (χ2v) is 9.39. The van der Waals surface area contributed by atoms with E-state index in [0.29, 0.717) is 25.3 Å². The lowest BCUT2D eigenvalue weighted by Crippen LogP contribution is -2.51. The van der Waals surface area contributed by atoms with Crippen molar-refractivity contribution in [3.8, 4) is 0 Å². The van der Waals surface area contributed by atoms with E-state index in [1.165, 1.54) is 16.7 Å². The maximum atomic E-state index is 13.2. The summed E-state index contributed by atoms with van der Waals surface area (Å²) in [4.78, 5) is 42.8. The Morgan fingerprint density at radius 1 is 1.07 bits per heavy atom. The molecule has 0 aliphatic carbocycles. The molecule has 156 valence electrons. The Morgan fingerprint density at radius 3 is 2.50 bits per heavy atom. The summed E-state index contributed by atoms with van der Waals surface area (Å²) in [6.45, 7) is 1.65. The molecule has 1 fully saturated rings. The highest BCUT2D eigenvalue weighted by atomic mass is 79.9. The molecular weight excluding hydrogens is 466 g/mol. The van der Waals surface area contributed by atoms with Crippen molar-refractivity contribution in [1.82, 2.24) is 10.2 Å². The fourth-order valence-corrected chi connectivity index (χ4v) is 5.09. The Bertz CT molecular complexity index is 960. The molecule has 2 aliphatic rings. The van der Waals surface area contributed by atoms with Gasteiger partial charge >= 0.3 is 0 Å². The molecule has 3 amide bonds. The number of thioether (sulfide) groups is 1. The van der Waals surface area contributed by atoms with Crippen molar-refractivity contribution in [2.45, 2.75) is 29.5 Å². The van der Waals surface area contributed by atoms with Crippen molar-refractivity contribution in [3.63, 3.8) is 0 Å². The number of likely N-dealkylation sites (tertiary alicyclic amines) is 1. The van der Waals surface area contributed by atoms with Crippen LogP contribution >= 0.6 is 27.7 Å². The highest BCUT2D eigenvalue weighted by Gasteiger charge is 2.41. The number of carbonyl (C=O) groups excluding carboxylic acids is 3. The van der Waals surface area contributed by atoms with Gasteiger partial charge in [0.2, 0.25) is 11.8 Å². The topological polar surface area (TPSA) is 69.7 Å². The third kappa shape index (κ3) is 4.54. The summed E-state index contributed by atoms with van der Waals surface area (Å²) in [5.74, 6) is -0.744. The minimum Gasteiger partial charge on any atom is -0.350 e. The van der Waals surface area contributed by atoms with Gasteiger partial charge in [0, 0.05) is 29.0 Å². The molecular formula is C22H22BrN3O3S. The van der Waals surface area contributed by atoms with E-state index in [0.717, 1.165) is 27.8 Å². The van der Waals surface area contributed by atoms with Gasteiger partial charge in [-0.05, 0) is 42.7 Å². The zero-order valence-corrected chi connectivity index (χ0v) is 18.7. The number of rotatable bonds is 5. The first-order valence-electron chi connectivity index (χ1n) is 9.90. The van der Waals surface area contributed by atoms with E-state index in [9.17, 15) is 14.4 Å². The lowest BCUT2D eigenvalue weighted by molar-refractivity contribution is -0.134. The van der Waals surface area contributed by atoms with Crippen molar-refractivity contribution < 1.29 is 14.4 Å². The Balaban J connectivity index is 1.48. The lowest BCUT2D eigenvalue weighted by Gasteiger charge is -2.34.